The van der Waals surface area contributed by atoms with E-state index in [1.54, 1.807) is 11.3 Å². The van der Waals surface area contributed by atoms with Crippen LogP contribution in [0.25, 0.3) is 0 Å². The van der Waals surface area contributed by atoms with E-state index < -0.39 is 0 Å². The first-order chi connectivity index (χ1) is 6.83. The first-order valence-electron chi connectivity index (χ1n) is 5.21. The van der Waals surface area contributed by atoms with Crippen LogP contribution in [0.4, 0.5) is 5.13 Å². The van der Waals surface area contributed by atoms with Crippen molar-refractivity contribution < 1.29 is 0 Å². The lowest BCUT2D eigenvalue weighted by Crippen LogP contribution is -2.28. The van der Waals surface area contributed by atoms with Crippen LogP contribution in [0.5, 0.6) is 0 Å². The molecule has 0 fully saturated rings. The number of nitrogens with zero attached hydrogens (tertiary/aromatic N) is 2. The van der Waals surface area contributed by atoms with Crippen LogP contribution in [0.3, 0.4) is 0 Å². The fourth-order valence-electron chi connectivity index (χ4n) is 1.54. The number of aromatic nitrogens is 1. The van der Waals surface area contributed by atoms with Gasteiger partial charge in [0, 0.05) is 25.0 Å². The van der Waals surface area contributed by atoms with E-state index in [0.29, 0.717) is 6.54 Å². The van der Waals surface area contributed by atoms with Crippen molar-refractivity contribution in [3.63, 3.8) is 0 Å². The Kier molecular flexibility index (Phi) is 3.73. The van der Waals surface area contributed by atoms with Gasteiger partial charge in [-0.3, -0.25) is 0 Å². The van der Waals surface area contributed by atoms with E-state index >= 15 is 0 Å². The second-order valence-electron chi connectivity index (χ2n) is 5.13. The van der Waals surface area contributed by atoms with Gasteiger partial charge in [0.05, 0.1) is 5.69 Å². The highest BCUT2D eigenvalue weighted by Gasteiger charge is 2.17. The first kappa shape index (κ1) is 12.5. The Hall–Kier alpha value is -0.610. The molecule has 0 bridgehead atoms. The molecule has 0 spiro atoms. The van der Waals surface area contributed by atoms with Crippen LogP contribution < -0.4 is 10.6 Å². The summed E-state index contributed by atoms with van der Waals surface area (Å²) in [6.07, 6.45) is 0. The van der Waals surface area contributed by atoms with E-state index in [4.69, 9.17) is 5.73 Å². The molecule has 0 saturated heterocycles. The second kappa shape index (κ2) is 4.49. The van der Waals surface area contributed by atoms with Gasteiger partial charge in [-0.05, 0) is 12.3 Å². The van der Waals surface area contributed by atoms with Crippen LogP contribution in [0.15, 0.2) is 0 Å². The topological polar surface area (TPSA) is 42.2 Å². The summed E-state index contributed by atoms with van der Waals surface area (Å²) < 4.78 is 0. The lowest BCUT2D eigenvalue weighted by molar-refractivity contribution is 0.418. The number of aryl methyl sites for hydroxylation is 1. The van der Waals surface area contributed by atoms with Crippen molar-refractivity contribution in [3.05, 3.63) is 10.6 Å². The van der Waals surface area contributed by atoms with Crippen LogP contribution in [-0.4, -0.2) is 18.6 Å². The Labute approximate surface area is 96.3 Å². The van der Waals surface area contributed by atoms with Crippen molar-refractivity contribution in [1.82, 2.24) is 4.98 Å². The molecule has 0 unspecified atom stereocenters. The van der Waals surface area contributed by atoms with E-state index in [1.807, 2.05) is 6.92 Å². The Balaban J connectivity index is 2.78. The maximum absolute atomic E-state index is 5.64. The third-order valence-electron chi connectivity index (χ3n) is 2.10. The Morgan fingerprint density at radius 1 is 1.40 bits per heavy atom. The summed E-state index contributed by atoms with van der Waals surface area (Å²) in [5.74, 6) is 0. The quantitative estimate of drug-likeness (QED) is 0.862. The zero-order valence-corrected chi connectivity index (χ0v) is 11.1. The number of nitrogens with two attached hydrogens (primary N) is 1. The standard InChI is InChI=1S/C11H21N3S/c1-8-9(6-12)15-10(13-8)14(5)7-11(2,3)4/h6-7,12H2,1-5H3. The van der Waals surface area contributed by atoms with Gasteiger partial charge in [-0.2, -0.15) is 0 Å². The van der Waals surface area contributed by atoms with Crippen LogP contribution in [0, 0.1) is 12.3 Å². The predicted molar refractivity (Wildman–Crippen MR) is 67.5 cm³/mol. The molecule has 0 amide bonds. The molecule has 86 valence electrons. The molecule has 15 heavy (non-hydrogen) atoms. The second-order valence-corrected chi connectivity index (χ2v) is 6.19. The third-order valence-corrected chi connectivity index (χ3v) is 3.40. The molecular weight excluding hydrogens is 206 g/mol. The molecule has 1 rings (SSSR count). The van der Waals surface area contributed by atoms with Gasteiger partial charge in [-0.15, -0.1) is 11.3 Å². The van der Waals surface area contributed by atoms with Gasteiger partial charge in [0.25, 0.3) is 0 Å². The van der Waals surface area contributed by atoms with Crippen LogP contribution in [0.1, 0.15) is 31.3 Å². The third kappa shape index (κ3) is 3.47. The molecule has 4 heteroatoms. The fourth-order valence-corrected chi connectivity index (χ4v) is 2.44. The molecule has 3 nitrogen and oxygen atoms in total. The summed E-state index contributed by atoms with van der Waals surface area (Å²) in [7, 11) is 2.09. The van der Waals surface area contributed by atoms with E-state index in [-0.39, 0.29) is 5.41 Å². The molecule has 1 aromatic rings. The number of anilines is 1. The predicted octanol–water partition coefficient (Wildman–Crippen LogP) is 2.39. The molecule has 0 aliphatic rings. The number of hydrogen-bond acceptors (Lipinski definition) is 4. The van der Waals surface area contributed by atoms with E-state index in [2.05, 4.69) is 37.7 Å². The summed E-state index contributed by atoms with van der Waals surface area (Å²) in [4.78, 5) is 7.92. The lowest BCUT2D eigenvalue weighted by atomic mass is 9.96. The van der Waals surface area contributed by atoms with Crippen molar-refractivity contribution in [2.75, 3.05) is 18.5 Å². The first-order valence-corrected chi connectivity index (χ1v) is 6.02. The van der Waals surface area contributed by atoms with Gasteiger partial charge in [0.15, 0.2) is 5.13 Å². The Morgan fingerprint density at radius 2 is 2.00 bits per heavy atom. The molecule has 0 aromatic carbocycles. The summed E-state index contributed by atoms with van der Waals surface area (Å²) >= 11 is 1.70. The molecule has 0 aliphatic heterocycles. The number of thiazole rings is 1. The molecule has 0 saturated carbocycles. The summed E-state index contributed by atoms with van der Waals surface area (Å²) in [5.41, 5.74) is 7.00. The van der Waals surface area contributed by atoms with Gasteiger partial charge < -0.3 is 10.6 Å². The minimum Gasteiger partial charge on any atom is -0.351 e. The van der Waals surface area contributed by atoms with Crippen LogP contribution in [-0.2, 0) is 6.54 Å². The zero-order valence-electron chi connectivity index (χ0n) is 10.3. The zero-order chi connectivity index (χ0) is 11.6. The summed E-state index contributed by atoms with van der Waals surface area (Å²) in [6.45, 7) is 10.3. The Morgan fingerprint density at radius 3 is 2.40 bits per heavy atom. The van der Waals surface area contributed by atoms with Gasteiger partial charge >= 0.3 is 0 Å². The molecule has 1 aromatic heterocycles. The van der Waals surface area contributed by atoms with Crippen molar-refractivity contribution >= 4 is 16.5 Å². The van der Waals surface area contributed by atoms with E-state index in [9.17, 15) is 0 Å². The average Bonchev–Trinajstić information content (AvgIpc) is 2.43. The highest BCUT2D eigenvalue weighted by atomic mass is 32.1. The summed E-state index contributed by atoms with van der Waals surface area (Å²) in [6, 6.07) is 0. The minimum atomic E-state index is 0.289. The monoisotopic (exact) mass is 227 g/mol. The van der Waals surface area contributed by atoms with E-state index in [1.165, 1.54) is 4.88 Å². The maximum atomic E-state index is 5.64. The van der Waals surface area contributed by atoms with Crippen molar-refractivity contribution in [3.8, 4) is 0 Å². The molecule has 1 heterocycles. The maximum Gasteiger partial charge on any atom is 0.185 e. The van der Waals surface area contributed by atoms with Crippen molar-refractivity contribution in [2.45, 2.75) is 34.2 Å². The van der Waals surface area contributed by atoms with Crippen molar-refractivity contribution in [1.29, 1.82) is 0 Å². The molecular formula is C11H21N3S. The molecule has 0 aliphatic carbocycles. The molecule has 2 N–H and O–H groups in total. The van der Waals surface area contributed by atoms with Gasteiger partial charge in [-0.25, -0.2) is 4.98 Å². The smallest absolute Gasteiger partial charge is 0.185 e. The van der Waals surface area contributed by atoms with Gasteiger partial charge in [0.2, 0.25) is 0 Å². The van der Waals surface area contributed by atoms with Crippen LogP contribution >= 0.6 is 11.3 Å². The normalized spacial score (nSPS) is 11.9. The summed E-state index contributed by atoms with van der Waals surface area (Å²) in [5, 5.41) is 1.07. The highest BCUT2D eigenvalue weighted by Crippen LogP contribution is 2.27. The molecule has 0 atom stereocenters. The largest absolute Gasteiger partial charge is 0.351 e. The molecule has 0 radical (unpaired) electrons. The van der Waals surface area contributed by atoms with Crippen molar-refractivity contribution in [2.24, 2.45) is 11.1 Å². The SMILES string of the molecule is Cc1nc(N(C)CC(C)(C)C)sc1CN. The fraction of sp³-hybridized carbons (Fsp3) is 0.727. The average molecular weight is 227 g/mol. The highest BCUT2D eigenvalue weighted by molar-refractivity contribution is 7.15. The van der Waals surface area contributed by atoms with Crippen LogP contribution in [0.2, 0.25) is 0 Å². The lowest BCUT2D eigenvalue weighted by Gasteiger charge is -2.26. The minimum absolute atomic E-state index is 0.289. The van der Waals surface area contributed by atoms with E-state index in [0.717, 1.165) is 17.4 Å². The Bertz CT molecular complexity index is 325. The van der Waals surface area contributed by atoms with Gasteiger partial charge in [0.1, 0.15) is 0 Å². The number of hydrogen-bond donors (Lipinski definition) is 1. The van der Waals surface area contributed by atoms with Gasteiger partial charge in [-0.1, -0.05) is 20.8 Å². The number of rotatable bonds is 3.